The van der Waals surface area contributed by atoms with Gasteiger partial charge in [-0.05, 0) is 54.3 Å². The van der Waals surface area contributed by atoms with Crippen LogP contribution in [0.15, 0.2) is 42.5 Å². The Kier molecular flexibility index (Phi) is 7.39. The molecule has 1 aliphatic heterocycles. The summed E-state index contributed by atoms with van der Waals surface area (Å²) < 4.78 is 2.35. The predicted molar refractivity (Wildman–Crippen MR) is 141 cm³/mol. The molecule has 0 unspecified atom stereocenters. The van der Waals surface area contributed by atoms with Gasteiger partial charge in [0.05, 0.1) is 17.6 Å². The minimum absolute atomic E-state index is 0.0681. The van der Waals surface area contributed by atoms with Crippen LogP contribution in [0.1, 0.15) is 62.8 Å². The first-order chi connectivity index (χ1) is 16.3. The summed E-state index contributed by atoms with van der Waals surface area (Å²) in [4.78, 5) is 22.9. The van der Waals surface area contributed by atoms with Gasteiger partial charge in [-0.2, -0.15) is 0 Å². The second-order valence-corrected chi connectivity index (χ2v) is 10.4. The molecule has 34 heavy (non-hydrogen) atoms. The number of carbonyl (C=O) groups excluding carboxylic acids is 1. The van der Waals surface area contributed by atoms with Gasteiger partial charge in [-0.15, -0.1) is 0 Å². The molecule has 1 aromatic heterocycles. The number of rotatable bonds is 7. The van der Waals surface area contributed by atoms with E-state index in [0.29, 0.717) is 5.56 Å². The van der Waals surface area contributed by atoms with Crippen LogP contribution in [0.5, 0.6) is 0 Å². The first kappa shape index (κ1) is 24.4. The van der Waals surface area contributed by atoms with E-state index in [0.717, 1.165) is 74.8 Å². The van der Waals surface area contributed by atoms with Crippen molar-refractivity contribution in [3.05, 3.63) is 59.4 Å². The smallest absolute Gasteiger partial charge is 0.255 e. The zero-order valence-corrected chi connectivity index (χ0v) is 21.4. The van der Waals surface area contributed by atoms with Gasteiger partial charge in [0, 0.05) is 44.0 Å². The first-order valence-electron chi connectivity index (χ1n) is 12.6. The summed E-state index contributed by atoms with van der Waals surface area (Å²) in [6, 6.07) is 14.0. The Hall–Kier alpha value is -2.70. The van der Waals surface area contributed by atoms with Crippen LogP contribution in [0.25, 0.3) is 11.0 Å². The molecule has 1 N–H and O–H groups in total. The lowest BCUT2D eigenvalue weighted by Gasteiger charge is -2.33. The normalized spacial score (nSPS) is 15.7. The maximum atomic E-state index is 12.9. The monoisotopic (exact) mass is 461 g/mol. The van der Waals surface area contributed by atoms with Crippen LogP contribution in [0.3, 0.4) is 0 Å². The van der Waals surface area contributed by atoms with E-state index in [2.05, 4.69) is 60.4 Å². The number of piperazine rings is 1. The van der Waals surface area contributed by atoms with Crippen LogP contribution >= 0.6 is 0 Å². The fraction of sp³-hybridized carbons (Fsp3) is 0.500. The number of nitrogens with one attached hydrogen (secondary N) is 1. The Bertz CT molecular complexity index is 1120. The Morgan fingerprint density at radius 3 is 2.26 bits per heavy atom. The van der Waals surface area contributed by atoms with Crippen LogP contribution in [-0.4, -0.2) is 58.0 Å². The molecule has 0 bridgehead atoms. The first-order valence-corrected chi connectivity index (χ1v) is 12.6. The van der Waals surface area contributed by atoms with E-state index in [1.807, 2.05) is 36.4 Å². The molecule has 1 amide bonds. The quantitative estimate of drug-likeness (QED) is 0.530. The lowest BCUT2D eigenvalue weighted by atomic mass is 9.87. The van der Waals surface area contributed by atoms with Crippen molar-refractivity contribution in [1.82, 2.24) is 19.4 Å². The summed E-state index contributed by atoms with van der Waals surface area (Å²) in [5.41, 5.74) is 4.81. The number of benzene rings is 2. The zero-order chi connectivity index (χ0) is 24.3. The summed E-state index contributed by atoms with van der Waals surface area (Å²) in [6.07, 6.45) is 1.06. The van der Waals surface area contributed by atoms with Crippen LogP contribution < -0.4 is 5.32 Å². The van der Waals surface area contributed by atoms with Crippen LogP contribution in [0.2, 0.25) is 0 Å². The van der Waals surface area contributed by atoms with Crippen molar-refractivity contribution in [3.8, 4) is 0 Å². The molecule has 0 saturated carbocycles. The van der Waals surface area contributed by atoms with E-state index >= 15 is 0 Å². The number of imidazole rings is 1. The summed E-state index contributed by atoms with van der Waals surface area (Å²) in [6.45, 7) is 18.3. The van der Waals surface area contributed by atoms with Crippen molar-refractivity contribution >= 4 is 22.6 Å². The molecule has 2 heterocycles. The third kappa shape index (κ3) is 5.50. The number of amides is 1. The van der Waals surface area contributed by atoms with Gasteiger partial charge in [-0.1, -0.05) is 46.8 Å². The van der Waals surface area contributed by atoms with Crippen molar-refractivity contribution in [2.75, 3.05) is 38.0 Å². The number of aryl methyl sites for hydroxylation is 1. The Balaban J connectivity index is 1.51. The van der Waals surface area contributed by atoms with Crippen molar-refractivity contribution in [2.24, 2.45) is 0 Å². The van der Waals surface area contributed by atoms with Gasteiger partial charge in [0.25, 0.3) is 5.91 Å². The van der Waals surface area contributed by atoms with E-state index in [-0.39, 0.29) is 11.3 Å². The number of carbonyl (C=O) groups is 1. The molecule has 0 atom stereocenters. The fourth-order valence-electron chi connectivity index (χ4n) is 4.64. The number of nitrogens with zero attached hydrogens (tertiary/aromatic N) is 4. The zero-order valence-electron chi connectivity index (χ0n) is 21.4. The molecule has 4 rings (SSSR count). The van der Waals surface area contributed by atoms with Crippen LogP contribution in [0, 0.1) is 0 Å². The number of hydrogen-bond acceptors (Lipinski definition) is 4. The maximum Gasteiger partial charge on any atom is 0.255 e. The standard InChI is InChI=1S/C28H39N5O/c1-6-14-33-25-13-12-23(29-27(34)21-8-10-22(11-9-21)28(3,4)5)19-24(25)30-26(33)20-32-17-15-31(7-2)16-18-32/h8-13,19H,6-7,14-18,20H2,1-5H3,(H,29,34). The highest BCUT2D eigenvalue weighted by atomic mass is 16.1. The van der Waals surface area contributed by atoms with Crippen molar-refractivity contribution in [1.29, 1.82) is 0 Å². The summed E-state index contributed by atoms with van der Waals surface area (Å²) in [5, 5.41) is 3.06. The van der Waals surface area contributed by atoms with Crippen molar-refractivity contribution in [3.63, 3.8) is 0 Å². The highest BCUT2D eigenvalue weighted by Crippen LogP contribution is 2.24. The predicted octanol–water partition coefficient (Wildman–Crippen LogP) is 5.13. The average Bonchev–Trinajstić information content (AvgIpc) is 3.15. The molecule has 2 aromatic carbocycles. The largest absolute Gasteiger partial charge is 0.327 e. The highest BCUT2D eigenvalue weighted by Gasteiger charge is 2.19. The molecule has 6 nitrogen and oxygen atoms in total. The molecule has 0 radical (unpaired) electrons. The van der Waals surface area contributed by atoms with E-state index in [1.165, 1.54) is 5.56 Å². The van der Waals surface area contributed by atoms with Crippen molar-refractivity contribution in [2.45, 2.75) is 59.5 Å². The Morgan fingerprint density at radius 2 is 1.65 bits per heavy atom. The molecule has 0 aliphatic carbocycles. The van der Waals surface area contributed by atoms with Gasteiger partial charge in [0.15, 0.2) is 0 Å². The third-order valence-corrected chi connectivity index (χ3v) is 6.82. The highest BCUT2D eigenvalue weighted by molar-refractivity contribution is 6.05. The minimum atomic E-state index is -0.0955. The van der Waals surface area contributed by atoms with Crippen molar-refractivity contribution < 1.29 is 4.79 Å². The van der Waals surface area contributed by atoms with Crippen LogP contribution in [0.4, 0.5) is 5.69 Å². The van der Waals surface area contributed by atoms with Gasteiger partial charge < -0.3 is 14.8 Å². The van der Waals surface area contributed by atoms with Gasteiger partial charge >= 0.3 is 0 Å². The summed E-state index contributed by atoms with van der Waals surface area (Å²) in [5.74, 6) is 1.02. The molecule has 182 valence electrons. The maximum absolute atomic E-state index is 12.9. The number of anilines is 1. The molecule has 3 aromatic rings. The fourth-order valence-corrected chi connectivity index (χ4v) is 4.64. The van der Waals surface area contributed by atoms with Gasteiger partial charge in [0.1, 0.15) is 5.82 Å². The SMILES string of the molecule is CCCn1c(CN2CCN(CC)CC2)nc2cc(NC(=O)c3ccc(C(C)(C)C)cc3)ccc21. The second kappa shape index (κ2) is 10.3. The Labute approximate surface area is 204 Å². The van der Waals surface area contributed by atoms with E-state index in [9.17, 15) is 4.79 Å². The van der Waals surface area contributed by atoms with E-state index < -0.39 is 0 Å². The lowest BCUT2D eigenvalue weighted by molar-refractivity contribution is 0.102. The summed E-state index contributed by atoms with van der Waals surface area (Å²) in [7, 11) is 0. The van der Waals surface area contributed by atoms with Gasteiger partial charge in [0.2, 0.25) is 0 Å². The molecule has 1 fully saturated rings. The summed E-state index contributed by atoms with van der Waals surface area (Å²) >= 11 is 0. The number of aromatic nitrogens is 2. The topological polar surface area (TPSA) is 53.4 Å². The number of hydrogen-bond donors (Lipinski definition) is 1. The van der Waals surface area contributed by atoms with Gasteiger partial charge in [-0.3, -0.25) is 9.69 Å². The average molecular weight is 462 g/mol. The second-order valence-electron chi connectivity index (χ2n) is 10.4. The van der Waals surface area contributed by atoms with E-state index in [1.54, 1.807) is 0 Å². The number of fused-ring (bicyclic) bond motifs is 1. The number of likely N-dealkylation sites (N-methyl/N-ethyl adjacent to an activating group) is 1. The molecule has 1 saturated heterocycles. The van der Waals surface area contributed by atoms with Crippen LogP contribution in [-0.2, 0) is 18.5 Å². The van der Waals surface area contributed by atoms with E-state index in [4.69, 9.17) is 4.98 Å². The van der Waals surface area contributed by atoms with Gasteiger partial charge in [-0.25, -0.2) is 4.98 Å². The molecule has 1 aliphatic rings. The molecular weight excluding hydrogens is 422 g/mol. The Morgan fingerprint density at radius 1 is 0.971 bits per heavy atom. The third-order valence-electron chi connectivity index (χ3n) is 6.82. The lowest BCUT2D eigenvalue weighted by Crippen LogP contribution is -2.45. The molecule has 0 spiro atoms. The molecular formula is C28H39N5O. The minimum Gasteiger partial charge on any atom is -0.327 e. The molecule has 6 heteroatoms.